The summed E-state index contributed by atoms with van der Waals surface area (Å²) in [6.45, 7) is 13.3. The van der Waals surface area contributed by atoms with Crippen molar-refractivity contribution in [3.63, 3.8) is 0 Å². The molecule has 0 bridgehead atoms. The highest BCUT2D eigenvalue weighted by atomic mass is 79.9. The Morgan fingerprint density at radius 2 is 1.94 bits per heavy atom. The minimum Gasteiger partial charge on any atom is -0.493 e. The van der Waals surface area contributed by atoms with Crippen molar-refractivity contribution in [1.82, 2.24) is 4.90 Å². The SMILES string of the molecule is COc1cc2c(cc1OCCCCCBr)NC[C@@H]1C[C@@H](O[Si](C)(C)C(C)(C)C)CN1C2=O. The van der Waals surface area contributed by atoms with Crippen molar-refractivity contribution >= 4 is 35.8 Å². The Morgan fingerprint density at radius 3 is 2.59 bits per heavy atom. The maximum Gasteiger partial charge on any atom is 0.256 e. The number of carbonyl (C=O) groups excluding carboxylic acids is 1. The number of rotatable bonds is 9. The summed E-state index contributed by atoms with van der Waals surface area (Å²) in [5.74, 6) is 1.33. The molecule has 2 aliphatic rings. The van der Waals surface area contributed by atoms with Gasteiger partial charge in [-0.25, -0.2) is 0 Å². The highest BCUT2D eigenvalue weighted by Gasteiger charge is 2.44. The first-order valence-corrected chi connectivity index (χ1v) is 15.7. The van der Waals surface area contributed by atoms with Gasteiger partial charge >= 0.3 is 0 Å². The number of fused-ring (bicyclic) bond motifs is 2. The van der Waals surface area contributed by atoms with E-state index in [1.54, 1.807) is 7.11 Å². The molecule has 32 heavy (non-hydrogen) atoms. The topological polar surface area (TPSA) is 60.0 Å². The number of amides is 1. The Labute approximate surface area is 202 Å². The van der Waals surface area contributed by atoms with E-state index in [0.717, 1.165) is 36.7 Å². The number of benzene rings is 1. The molecule has 8 heteroatoms. The van der Waals surface area contributed by atoms with Crippen LogP contribution in [0.25, 0.3) is 0 Å². The van der Waals surface area contributed by atoms with E-state index in [-0.39, 0.29) is 23.1 Å². The van der Waals surface area contributed by atoms with Crippen LogP contribution in [0.2, 0.25) is 18.1 Å². The summed E-state index contributed by atoms with van der Waals surface area (Å²) >= 11 is 3.46. The molecule has 0 unspecified atom stereocenters. The third-order valence-corrected chi connectivity index (χ3v) is 12.1. The molecule has 0 radical (unpaired) electrons. The van der Waals surface area contributed by atoms with Crippen LogP contribution in [0.5, 0.6) is 11.5 Å². The van der Waals surface area contributed by atoms with Gasteiger partial charge in [-0.15, -0.1) is 0 Å². The van der Waals surface area contributed by atoms with Crippen molar-refractivity contribution in [3.05, 3.63) is 17.7 Å². The smallest absolute Gasteiger partial charge is 0.256 e. The Balaban J connectivity index is 1.73. The molecular formula is C24H39BrN2O4Si. The minimum atomic E-state index is -1.88. The first-order valence-electron chi connectivity index (χ1n) is 11.7. The van der Waals surface area contributed by atoms with Crippen molar-refractivity contribution in [2.24, 2.45) is 0 Å². The number of carbonyl (C=O) groups is 1. The number of anilines is 1. The molecule has 1 aromatic rings. The molecule has 2 heterocycles. The van der Waals surface area contributed by atoms with E-state index < -0.39 is 8.32 Å². The molecule has 3 rings (SSSR count). The quantitative estimate of drug-likeness (QED) is 0.255. The van der Waals surface area contributed by atoms with Crippen molar-refractivity contribution in [2.75, 3.05) is 37.5 Å². The molecule has 6 nitrogen and oxygen atoms in total. The van der Waals surface area contributed by atoms with Crippen molar-refractivity contribution in [3.8, 4) is 11.5 Å². The summed E-state index contributed by atoms with van der Waals surface area (Å²) in [5, 5.41) is 4.66. The van der Waals surface area contributed by atoms with Gasteiger partial charge in [-0.3, -0.25) is 4.79 Å². The van der Waals surface area contributed by atoms with E-state index in [0.29, 0.717) is 36.8 Å². The number of halogens is 1. The number of unbranched alkanes of at least 4 members (excludes halogenated alkanes) is 2. The average molecular weight is 528 g/mol. The Bertz CT molecular complexity index is 812. The lowest BCUT2D eigenvalue weighted by atomic mass is 10.1. The predicted octanol–water partition coefficient (Wildman–Crippen LogP) is 5.67. The maximum atomic E-state index is 13.5. The zero-order valence-corrected chi connectivity index (χ0v) is 23.0. The molecule has 1 aromatic carbocycles. The van der Waals surface area contributed by atoms with Gasteiger partial charge in [0.25, 0.3) is 5.91 Å². The summed E-state index contributed by atoms with van der Waals surface area (Å²) in [5.41, 5.74) is 1.46. The van der Waals surface area contributed by atoms with Crippen molar-refractivity contribution in [2.45, 2.75) is 76.7 Å². The number of alkyl halides is 1. The molecule has 180 valence electrons. The minimum absolute atomic E-state index is 0.0403. The Kier molecular flexibility index (Phi) is 8.20. The van der Waals surface area contributed by atoms with Crippen LogP contribution in [0.3, 0.4) is 0 Å². The number of methoxy groups -OCH3 is 1. The highest BCUT2D eigenvalue weighted by molar-refractivity contribution is 9.09. The molecular weight excluding hydrogens is 488 g/mol. The molecule has 0 aliphatic carbocycles. The molecule has 0 spiro atoms. The lowest BCUT2D eigenvalue weighted by molar-refractivity contribution is 0.0731. The van der Waals surface area contributed by atoms with Gasteiger partial charge in [0.1, 0.15) is 0 Å². The largest absolute Gasteiger partial charge is 0.493 e. The third-order valence-electron chi connectivity index (χ3n) is 7.00. The van der Waals surface area contributed by atoms with E-state index in [4.69, 9.17) is 13.9 Å². The zero-order valence-electron chi connectivity index (χ0n) is 20.4. The van der Waals surface area contributed by atoms with Gasteiger partial charge in [-0.05, 0) is 49.9 Å². The number of nitrogens with zero attached hydrogens (tertiary/aromatic N) is 1. The molecule has 1 saturated heterocycles. The first-order chi connectivity index (χ1) is 15.1. The van der Waals surface area contributed by atoms with Gasteiger partial charge in [0, 0.05) is 24.5 Å². The standard InChI is InChI=1S/C24H39BrN2O4Si/c1-24(2,3)32(5,6)31-18-12-17-15-26-20-14-22(30-11-9-7-8-10-25)21(29-4)13-19(20)23(28)27(17)16-18/h13-14,17-18,26H,7-12,15-16H2,1-6H3/t17-,18+/m0/s1. The van der Waals surface area contributed by atoms with Crippen LogP contribution < -0.4 is 14.8 Å². The number of hydrogen-bond acceptors (Lipinski definition) is 5. The van der Waals surface area contributed by atoms with Crippen LogP contribution in [0.1, 0.15) is 56.8 Å². The third kappa shape index (κ3) is 5.62. The number of hydrogen-bond donors (Lipinski definition) is 1. The maximum absolute atomic E-state index is 13.5. The van der Waals surface area contributed by atoms with Crippen LogP contribution >= 0.6 is 15.9 Å². The second-order valence-corrected chi connectivity index (χ2v) is 15.9. The van der Waals surface area contributed by atoms with E-state index in [1.807, 2.05) is 17.0 Å². The Morgan fingerprint density at radius 1 is 1.19 bits per heavy atom. The van der Waals surface area contributed by atoms with Gasteiger partial charge in [0.05, 0.1) is 37.1 Å². The van der Waals surface area contributed by atoms with E-state index in [9.17, 15) is 4.79 Å². The molecule has 2 atom stereocenters. The van der Waals surface area contributed by atoms with Crippen LogP contribution in [-0.4, -0.2) is 63.4 Å². The summed E-state index contributed by atoms with van der Waals surface area (Å²) in [6.07, 6.45) is 4.20. The molecule has 1 N–H and O–H groups in total. The fourth-order valence-electron chi connectivity index (χ4n) is 4.09. The summed E-state index contributed by atoms with van der Waals surface area (Å²) < 4.78 is 18.2. The fraction of sp³-hybridized carbons (Fsp3) is 0.708. The predicted molar refractivity (Wildman–Crippen MR) is 136 cm³/mol. The van der Waals surface area contributed by atoms with E-state index >= 15 is 0 Å². The van der Waals surface area contributed by atoms with Gasteiger partial charge in [-0.1, -0.05) is 36.7 Å². The summed E-state index contributed by atoms with van der Waals surface area (Å²) in [6, 6.07) is 3.87. The van der Waals surface area contributed by atoms with Gasteiger partial charge in [-0.2, -0.15) is 0 Å². The molecule has 0 saturated carbocycles. The second-order valence-electron chi connectivity index (χ2n) is 10.4. The molecule has 0 aromatic heterocycles. The molecule has 1 fully saturated rings. The summed E-state index contributed by atoms with van der Waals surface area (Å²) in [7, 11) is -0.261. The lowest BCUT2D eigenvalue weighted by Gasteiger charge is -2.38. The van der Waals surface area contributed by atoms with Crippen LogP contribution in [-0.2, 0) is 4.43 Å². The van der Waals surface area contributed by atoms with Crippen LogP contribution in [0.15, 0.2) is 12.1 Å². The second kappa shape index (κ2) is 10.3. The van der Waals surface area contributed by atoms with Gasteiger partial charge in [0.15, 0.2) is 19.8 Å². The number of ether oxygens (including phenoxy) is 2. The van der Waals surface area contributed by atoms with E-state index in [2.05, 4.69) is 55.1 Å². The summed E-state index contributed by atoms with van der Waals surface area (Å²) in [4.78, 5) is 15.5. The van der Waals surface area contributed by atoms with Gasteiger partial charge in [0.2, 0.25) is 0 Å². The normalized spacial score (nSPS) is 21.0. The molecule has 2 aliphatic heterocycles. The highest BCUT2D eigenvalue weighted by Crippen LogP contribution is 2.41. The average Bonchev–Trinajstić information content (AvgIpc) is 3.07. The van der Waals surface area contributed by atoms with Crippen molar-refractivity contribution < 1.29 is 18.7 Å². The van der Waals surface area contributed by atoms with E-state index in [1.165, 1.54) is 0 Å². The van der Waals surface area contributed by atoms with Crippen molar-refractivity contribution in [1.29, 1.82) is 0 Å². The zero-order chi connectivity index (χ0) is 23.5. The number of nitrogens with one attached hydrogen (secondary N) is 1. The first kappa shape index (κ1) is 25.4. The van der Waals surface area contributed by atoms with Crippen LogP contribution in [0, 0.1) is 0 Å². The van der Waals surface area contributed by atoms with Gasteiger partial charge < -0.3 is 24.1 Å². The Hall–Kier alpha value is -1.25. The fourth-order valence-corrected chi connectivity index (χ4v) is 5.84. The molecule has 1 amide bonds. The van der Waals surface area contributed by atoms with Crippen LogP contribution in [0.4, 0.5) is 5.69 Å². The monoisotopic (exact) mass is 526 g/mol. The lowest BCUT2D eigenvalue weighted by Crippen LogP contribution is -2.44.